The van der Waals surface area contributed by atoms with Gasteiger partial charge >= 0.3 is 0 Å². The minimum atomic E-state index is 0.776. The molecule has 16 heavy (non-hydrogen) atoms. The van der Waals surface area contributed by atoms with Gasteiger partial charge in [0.05, 0.1) is 5.69 Å². The van der Waals surface area contributed by atoms with Crippen molar-refractivity contribution in [3.05, 3.63) is 17.5 Å². The van der Waals surface area contributed by atoms with Gasteiger partial charge < -0.3 is 0 Å². The molecule has 0 saturated carbocycles. The van der Waals surface area contributed by atoms with Gasteiger partial charge in [-0.2, -0.15) is 5.10 Å². The number of alkyl halides is 1. The Morgan fingerprint density at radius 3 is 2.62 bits per heavy atom. The maximum absolute atomic E-state index is 4.64. The highest BCUT2D eigenvalue weighted by Gasteiger charge is 2.07. The molecule has 0 aliphatic carbocycles. The Hall–Kier alpha value is -0.310. The largest absolute Gasteiger partial charge is 0.269 e. The monoisotopic (exact) mass is 286 g/mol. The van der Waals surface area contributed by atoms with Crippen molar-refractivity contribution in [2.24, 2.45) is 5.92 Å². The number of nitrogens with zero attached hydrogens (tertiary/aromatic N) is 2. The van der Waals surface area contributed by atoms with Crippen molar-refractivity contribution in [1.82, 2.24) is 9.78 Å². The lowest BCUT2D eigenvalue weighted by atomic mass is 10.1. The molecule has 0 saturated heterocycles. The zero-order valence-electron chi connectivity index (χ0n) is 10.7. The minimum absolute atomic E-state index is 0.776. The Labute approximate surface area is 108 Å². The van der Waals surface area contributed by atoms with Crippen LogP contribution in [0.2, 0.25) is 0 Å². The molecule has 0 radical (unpaired) electrons. The highest BCUT2D eigenvalue weighted by molar-refractivity contribution is 9.09. The summed E-state index contributed by atoms with van der Waals surface area (Å²) in [6, 6.07) is 2.25. The number of aryl methyl sites for hydroxylation is 3. The van der Waals surface area contributed by atoms with Gasteiger partial charge in [0.25, 0.3) is 0 Å². The topological polar surface area (TPSA) is 17.8 Å². The first kappa shape index (κ1) is 13.8. The fourth-order valence-corrected chi connectivity index (χ4v) is 2.62. The molecular formula is C13H23BrN2. The average molecular weight is 287 g/mol. The van der Waals surface area contributed by atoms with Gasteiger partial charge in [0.1, 0.15) is 0 Å². The number of hydrogen-bond acceptors (Lipinski definition) is 1. The smallest absolute Gasteiger partial charge is 0.0624 e. The second-order valence-corrected chi connectivity index (χ2v) is 5.22. The third-order valence-corrected chi connectivity index (χ3v) is 3.53. The summed E-state index contributed by atoms with van der Waals surface area (Å²) in [7, 11) is 0. The predicted molar refractivity (Wildman–Crippen MR) is 73.2 cm³/mol. The zero-order valence-corrected chi connectivity index (χ0v) is 12.3. The second kappa shape index (κ2) is 7.10. The van der Waals surface area contributed by atoms with E-state index >= 15 is 0 Å². The van der Waals surface area contributed by atoms with E-state index in [0.717, 1.165) is 30.6 Å². The lowest BCUT2D eigenvalue weighted by Crippen LogP contribution is -2.08. The minimum Gasteiger partial charge on any atom is -0.269 e. The molecule has 3 heteroatoms. The zero-order chi connectivity index (χ0) is 12.0. The summed E-state index contributed by atoms with van der Waals surface area (Å²) < 4.78 is 2.20. The first-order valence-electron chi connectivity index (χ1n) is 6.32. The molecule has 1 aromatic rings. The number of rotatable bonds is 7. The van der Waals surface area contributed by atoms with E-state index in [9.17, 15) is 0 Å². The van der Waals surface area contributed by atoms with Crippen molar-refractivity contribution in [1.29, 1.82) is 0 Å². The maximum atomic E-state index is 4.64. The summed E-state index contributed by atoms with van der Waals surface area (Å²) in [5.74, 6) is 0.776. The van der Waals surface area contributed by atoms with Crippen molar-refractivity contribution in [2.45, 2.75) is 53.0 Å². The van der Waals surface area contributed by atoms with Gasteiger partial charge in [-0.25, -0.2) is 0 Å². The van der Waals surface area contributed by atoms with Crippen LogP contribution in [0.3, 0.4) is 0 Å². The summed E-state index contributed by atoms with van der Waals surface area (Å²) in [6.45, 7) is 7.75. The molecule has 1 rings (SSSR count). The lowest BCUT2D eigenvalue weighted by molar-refractivity contribution is 0.443. The Morgan fingerprint density at radius 1 is 1.31 bits per heavy atom. The first-order valence-corrected chi connectivity index (χ1v) is 7.44. The Morgan fingerprint density at radius 2 is 2.06 bits per heavy atom. The van der Waals surface area contributed by atoms with E-state index in [4.69, 9.17) is 0 Å². The van der Waals surface area contributed by atoms with Gasteiger partial charge in [0, 0.05) is 17.6 Å². The van der Waals surface area contributed by atoms with Crippen molar-refractivity contribution >= 4 is 15.9 Å². The van der Waals surface area contributed by atoms with Crippen LogP contribution in [-0.2, 0) is 19.4 Å². The van der Waals surface area contributed by atoms with Crippen LogP contribution in [0, 0.1) is 5.92 Å². The number of halogens is 1. The molecule has 1 heterocycles. The van der Waals surface area contributed by atoms with E-state index < -0.39 is 0 Å². The first-order chi connectivity index (χ1) is 7.71. The molecule has 2 nitrogen and oxygen atoms in total. The van der Waals surface area contributed by atoms with Gasteiger partial charge in [0.2, 0.25) is 0 Å². The van der Waals surface area contributed by atoms with Crippen molar-refractivity contribution in [3.8, 4) is 0 Å². The fraction of sp³-hybridized carbons (Fsp3) is 0.769. The molecule has 92 valence electrons. The van der Waals surface area contributed by atoms with Crippen LogP contribution in [0.25, 0.3) is 0 Å². The normalized spacial score (nSPS) is 13.0. The van der Waals surface area contributed by atoms with Gasteiger partial charge in [-0.1, -0.05) is 36.7 Å². The van der Waals surface area contributed by atoms with Crippen LogP contribution in [0.4, 0.5) is 0 Å². The molecule has 0 amide bonds. The van der Waals surface area contributed by atoms with Crippen LogP contribution >= 0.6 is 15.9 Å². The summed E-state index contributed by atoms with van der Waals surface area (Å²) in [5, 5.41) is 5.74. The quantitative estimate of drug-likeness (QED) is 0.697. The van der Waals surface area contributed by atoms with E-state index in [1.54, 1.807) is 0 Å². The highest BCUT2D eigenvalue weighted by Crippen LogP contribution is 2.13. The summed E-state index contributed by atoms with van der Waals surface area (Å²) in [5.41, 5.74) is 2.60. The van der Waals surface area contributed by atoms with Crippen molar-refractivity contribution in [3.63, 3.8) is 0 Å². The van der Waals surface area contributed by atoms with Crippen molar-refractivity contribution in [2.75, 3.05) is 5.33 Å². The molecule has 0 bridgehead atoms. The van der Waals surface area contributed by atoms with E-state index in [2.05, 4.69) is 52.5 Å². The van der Waals surface area contributed by atoms with E-state index in [1.807, 2.05) is 0 Å². The molecule has 0 aromatic carbocycles. The fourth-order valence-electron chi connectivity index (χ4n) is 1.84. The van der Waals surface area contributed by atoms with Crippen LogP contribution < -0.4 is 0 Å². The Bertz CT molecular complexity index is 307. The van der Waals surface area contributed by atoms with Gasteiger partial charge in [-0.15, -0.1) is 0 Å². The van der Waals surface area contributed by atoms with E-state index in [1.165, 1.54) is 24.2 Å². The second-order valence-electron chi connectivity index (χ2n) is 4.43. The van der Waals surface area contributed by atoms with E-state index in [0.29, 0.717) is 0 Å². The summed E-state index contributed by atoms with van der Waals surface area (Å²) in [4.78, 5) is 0. The molecule has 0 fully saturated rings. The number of hydrogen-bond donors (Lipinski definition) is 0. The molecule has 0 N–H and O–H groups in total. The Kier molecular flexibility index (Phi) is 6.10. The van der Waals surface area contributed by atoms with Crippen LogP contribution in [0.5, 0.6) is 0 Å². The SMILES string of the molecule is CCc1cc(CC)n(CCC(C)CCBr)n1. The molecular weight excluding hydrogens is 264 g/mol. The molecule has 0 spiro atoms. The predicted octanol–water partition coefficient (Wildman–Crippen LogP) is 3.82. The van der Waals surface area contributed by atoms with Gasteiger partial charge in [0.15, 0.2) is 0 Å². The highest BCUT2D eigenvalue weighted by atomic mass is 79.9. The summed E-state index contributed by atoms with van der Waals surface area (Å²) >= 11 is 3.50. The average Bonchev–Trinajstić information content (AvgIpc) is 2.69. The number of aromatic nitrogens is 2. The molecule has 0 aliphatic heterocycles. The third kappa shape index (κ3) is 3.93. The van der Waals surface area contributed by atoms with Gasteiger partial charge in [-0.3, -0.25) is 4.68 Å². The Balaban J connectivity index is 2.54. The maximum Gasteiger partial charge on any atom is 0.0624 e. The third-order valence-electron chi connectivity index (χ3n) is 3.07. The van der Waals surface area contributed by atoms with Crippen molar-refractivity contribution < 1.29 is 0 Å². The molecule has 1 aromatic heterocycles. The standard InChI is InChI=1S/C13H23BrN2/c1-4-12-10-13(5-2)16(15-12)9-7-11(3)6-8-14/h10-11H,4-9H2,1-3H3. The van der Waals surface area contributed by atoms with E-state index in [-0.39, 0.29) is 0 Å². The van der Waals surface area contributed by atoms with Crippen LogP contribution in [0.1, 0.15) is 45.0 Å². The molecule has 1 unspecified atom stereocenters. The summed E-state index contributed by atoms with van der Waals surface area (Å²) in [6.07, 6.45) is 4.60. The van der Waals surface area contributed by atoms with Crippen LogP contribution in [-0.4, -0.2) is 15.1 Å². The van der Waals surface area contributed by atoms with Gasteiger partial charge in [-0.05, 0) is 37.7 Å². The molecule has 0 aliphatic rings. The molecule has 1 atom stereocenters. The lowest BCUT2D eigenvalue weighted by Gasteiger charge is -2.11. The van der Waals surface area contributed by atoms with Crippen LogP contribution in [0.15, 0.2) is 6.07 Å².